The second kappa shape index (κ2) is 7.94. The second-order valence-corrected chi connectivity index (χ2v) is 8.32. The number of nitrogens with zero attached hydrogens (tertiary/aromatic N) is 2. The highest BCUT2D eigenvalue weighted by Crippen LogP contribution is 2.44. The Labute approximate surface area is 192 Å². The Morgan fingerprint density at radius 1 is 1.00 bits per heavy atom. The van der Waals surface area contributed by atoms with Crippen LogP contribution >= 0.6 is 0 Å². The number of ether oxygens (including phenoxy) is 3. The van der Waals surface area contributed by atoms with Crippen LogP contribution in [0.15, 0.2) is 91.3 Å². The van der Waals surface area contributed by atoms with E-state index in [1.807, 2.05) is 48.8 Å². The van der Waals surface area contributed by atoms with Crippen molar-refractivity contribution in [2.45, 2.75) is 18.6 Å². The summed E-state index contributed by atoms with van der Waals surface area (Å²) in [7, 11) is 1.77. The minimum absolute atomic E-state index is 0.487. The van der Waals surface area contributed by atoms with Crippen molar-refractivity contribution in [2.75, 3.05) is 13.7 Å². The molecule has 0 radical (unpaired) electrons. The molecule has 0 saturated heterocycles. The van der Waals surface area contributed by atoms with Gasteiger partial charge in [-0.1, -0.05) is 36.4 Å². The molecule has 2 aromatic heterocycles. The molecule has 0 amide bonds. The first kappa shape index (κ1) is 19.8. The molecule has 164 valence electrons. The Kier molecular flexibility index (Phi) is 4.77. The third kappa shape index (κ3) is 3.33. The molecule has 3 heterocycles. The van der Waals surface area contributed by atoms with Gasteiger partial charge in [0.15, 0.2) is 0 Å². The van der Waals surface area contributed by atoms with Gasteiger partial charge in [-0.25, -0.2) is 4.98 Å². The van der Waals surface area contributed by atoms with Crippen LogP contribution in [0.1, 0.15) is 23.1 Å². The first-order valence-corrected chi connectivity index (χ1v) is 11.1. The summed E-state index contributed by atoms with van der Waals surface area (Å²) in [5, 5.41) is 1.16. The Bertz CT molecular complexity index is 1460. The first-order chi connectivity index (χ1) is 16.3. The van der Waals surface area contributed by atoms with Crippen molar-refractivity contribution in [1.82, 2.24) is 9.38 Å². The summed E-state index contributed by atoms with van der Waals surface area (Å²) >= 11 is 0. The van der Waals surface area contributed by atoms with Gasteiger partial charge in [0.05, 0.1) is 12.1 Å². The Balaban J connectivity index is 1.28. The number of methoxy groups -OCH3 is 1. The summed E-state index contributed by atoms with van der Waals surface area (Å²) in [5.41, 5.74) is 4.77. The molecule has 1 unspecified atom stereocenters. The Morgan fingerprint density at radius 3 is 2.88 bits per heavy atom. The summed E-state index contributed by atoms with van der Waals surface area (Å²) in [6.07, 6.45) is 4.55. The maximum absolute atomic E-state index is 6.22. The third-order valence-electron chi connectivity index (χ3n) is 6.52. The number of fused-ring (bicyclic) bond motifs is 4. The van der Waals surface area contributed by atoms with Crippen LogP contribution in [0.3, 0.4) is 0 Å². The largest absolute Gasteiger partial charge is 0.493 e. The van der Waals surface area contributed by atoms with Crippen molar-refractivity contribution in [3.8, 4) is 11.5 Å². The van der Waals surface area contributed by atoms with Crippen molar-refractivity contribution in [3.05, 3.63) is 108 Å². The van der Waals surface area contributed by atoms with Gasteiger partial charge in [0.1, 0.15) is 29.4 Å². The molecular weight excluding hydrogens is 412 g/mol. The predicted octanol–water partition coefficient (Wildman–Crippen LogP) is 5.74. The molecule has 3 aromatic carbocycles. The van der Waals surface area contributed by atoms with Gasteiger partial charge < -0.3 is 14.2 Å². The van der Waals surface area contributed by atoms with Crippen LogP contribution in [0.2, 0.25) is 0 Å². The van der Waals surface area contributed by atoms with Crippen molar-refractivity contribution in [1.29, 1.82) is 0 Å². The van der Waals surface area contributed by atoms with Gasteiger partial charge in [0.2, 0.25) is 0 Å². The lowest BCUT2D eigenvalue weighted by Crippen LogP contribution is -2.36. The Morgan fingerprint density at radius 2 is 1.94 bits per heavy atom. The number of pyridine rings is 1. The fourth-order valence-corrected chi connectivity index (χ4v) is 4.85. The van der Waals surface area contributed by atoms with Crippen LogP contribution < -0.4 is 9.47 Å². The van der Waals surface area contributed by atoms with E-state index in [-0.39, 0.29) is 0 Å². The normalized spacial score (nSPS) is 17.6. The topological polar surface area (TPSA) is 45.0 Å². The monoisotopic (exact) mass is 436 g/mol. The zero-order valence-corrected chi connectivity index (χ0v) is 18.4. The molecule has 5 aromatic rings. The molecule has 0 fully saturated rings. The van der Waals surface area contributed by atoms with Crippen LogP contribution in [0.25, 0.3) is 16.6 Å². The number of aromatic nitrogens is 2. The average Bonchev–Trinajstić information content (AvgIpc) is 3.36. The van der Waals surface area contributed by atoms with Crippen LogP contribution in [-0.4, -0.2) is 23.1 Å². The van der Waals surface area contributed by atoms with Gasteiger partial charge in [0.25, 0.3) is 0 Å². The van der Waals surface area contributed by atoms with E-state index in [0.29, 0.717) is 13.2 Å². The van der Waals surface area contributed by atoms with E-state index in [2.05, 4.69) is 51.8 Å². The number of rotatable bonds is 5. The van der Waals surface area contributed by atoms with Gasteiger partial charge in [-0.2, -0.15) is 0 Å². The summed E-state index contributed by atoms with van der Waals surface area (Å²) in [6.45, 7) is 1.10. The van der Waals surface area contributed by atoms with Gasteiger partial charge >= 0.3 is 0 Å². The van der Waals surface area contributed by atoms with Gasteiger partial charge in [-0.15, -0.1) is 0 Å². The molecule has 0 aliphatic carbocycles. The maximum Gasteiger partial charge on any atom is 0.137 e. The van der Waals surface area contributed by atoms with Crippen LogP contribution in [0.4, 0.5) is 0 Å². The fourth-order valence-electron chi connectivity index (χ4n) is 4.85. The summed E-state index contributed by atoms with van der Waals surface area (Å²) < 4.78 is 20.3. The van der Waals surface area contributed by atoms with Crippen molar-refractivity contribution in [2.24, 2.45) is 0 Å². The van der Waals surface area contributed by atoms with Crippen LogP contribution in [-0.2, 0) is 16.9 Å². The smallest absolute Gasteiger partial charge is 0.137 e. The van der Waals surface area contributed by atoms with E-state index in [9.17, 15) is 0 Å². The summed E-state index contributed by atoms with van der Waals surface area (Å²) in [5.74, 6) is 1.69. The number of hydrogen-bond acceptors (Lipinski definition) is 4. The first-order valence-electron chi connectivity index (χ1n) is 11.1. The summed E-state index contributed by atoms with van der Waals surface area (Å²) in [6, 6.07) is 26.8. The van der Waals surface area contributed by atoms with Gasteiger partial charge in [-0.05, 0) is 59.0 Å². The highest BCUT2D eigenvalue weighted by Gasteiger charge is 2.39. The minimum atomic E-state index is -0.548. The average molecular weight is 437 g/mol. The zero-order valence-electron chi connectivity index (χ0n) is 18.4. The van der Waals surface area contributed by atoms with E-state index in [1.54, 1.807) is 7.11 Å². The fraction of sp³-hybridized carbons (Fsp3) is 0.179. The molecule has 5 nitrogen and oxygen atoms in total. The van der Waals surface area contributed by atoms with Gasteiger partial charge in [-0.3, -0.25) is 4.40 Å². The molecule has 1 aliphatic heterocycles. The van der Waals surface area contributed by atoms with E-state index >= 15 is 0 Å². The quantitative estimate of drug-likeness (QED) is 0.352. The lowest BCUT2D eigenvalue weighted by atomic mass is 9.81. The van der Waals surface area contributed by atoms with Crippen LogP contribution in [0.5, 0.6) is 11.5 Å². The van der Waals surface area contributed by atoms with E-state index in [1.165, 1.54) is 0 Å². The zero-order chi connectivity index (χ0) is 22.3. The molecule has 0 saturated carbocycles. The minimum Gasteiger partial charge on any atom is -0.493 e. The third-order valence-corrected chi connectivity index (χ3v) is 6.52. The molecule has 0 spiro atoms. The molecule has 1 atom stereocenters. The number of imidazole rings is 1. The number of para-hydroxylation sites is 1. The predicted molar refractivity (Wildman–Crippen MR) is 128 cm³/mol. The van der Waals surface area contributed by atoms with E-state index in [0.717, 1.165) is 51.2 Å². The highest BCUT2D eigenvalue weighted by atomic mass is 16.5. The molecule has 0 bridgehead atoms. The van der Waals surface area contributed by atoms with Crippen molar-refractivity contribution >= 4 is 16.6 Å². The van der Waals surface area contributed by atoms with Crippen LogP contribution in [0, 0.1) is 0 Å². The summed E-state index contributed by atoms with van der Waals surface area (Å²) in [4.78, 5) is 4.36. The maximum atomic E-state index is 6.22. The second-order valence-electron chi connectivity index (χ2n) is 8.32. The van der Waals surface area contributed by atoms with Gasteiger partial charge in [0, 0.05) is 31.5 Å². The molecule has 1 aliphatic rings. The Hall–Kier alpha value is -3.83. The lowest BCUT2D eigenvalue weighted by molar-refractivity contribution is -0.0107. The number of hydrogen-bond donors (Lipinski definition) is 0. The number of benzene rings is 3. The lowest BCUT2D eigenvalue weighted by Gasteiger charge is -2.38. The molecule has 5 heteroatoms. The SMILES string of the molecule is COC1(c2cccc(OCc3ccc4c(ccc5nccn54)c3)c2)CCOc2ccccc21. The molecule has 0 N–H and O–H groups in total. The standard InChI is InChI=1S/C28H24N2O3/c1-31-28(13-16-32-26-8-3-2-7-24(26)28)22-5-4-6-23(18-22)33-19-20-9-11-25-21(17-20)10-12-27-29-14-15-30(25)27/h2-12,14-15,17-18H,13,16,19H2,1H3. The molecule has 33 heavy (non-hydrogen) atoms. The van der Waals surface area contributed by atoms with E-state index < -0.39 is 5.60 Å². The molecule has 6 rings (SSSR count). The van der Waals surface area contributed by atoms with Crippen molar-refractivity contribution < 1.29 is 14.2 Å². The molecular formula is C28H24N2O3. The van der Waals surface area contributed by atoms with E-state index in [4.69, 9.17) is 14.2 Å². The van der Waals surface area contributed by atoms with Crippen molar-refractivity contribution in [3.63, 3.8) is 0 Å². The highest BCUT2D eigenvalue weighted by molar-refractivity contribution is 5.82.